The molecule has 0 unspecified atom stereocenters. The van der Waals surface area contributed by atoms with Crippen molar-refractivity contribution in [1.29, 1.82) is 0 Å². The maximum absolute atomic E-state index is 10.4. The van der Waals surface area contributed by atoms with Gasteiger partial charge in [-0.25, -0.2) is 8.42 Å². The van der Waals surface area contributed by atoms with Crippen molar-refractivity contribution in [2.75, 3.05) is 20.6 Å². The van der Waals surface area contributed by atoms with E-state index in [4.69, 9.17) is 0 Å². The number of nitrogens with zero attached hydrogens (tertiary/aromatic N) is 1. The van der Waals surface area contributed by atoms with Crippen LogP contribution in [0.3, 0.4) is 0 Å². The lowest BCUT2D eigenvalue weighted by Gasteiger charge is -2.08. The molecule has 0 bridgehead atoms. The predicted octanol–water partition coefficient (Wildman–Crippen LogP) is 5.37. The first-order valence-corrected chi connectivity index (χ1v) is 11.4. The molecule has 0 spiro atoms. The van der Waals surface area contributed by atoms with Crippen LogP contribution in [0.2, 0.25) is 0 Å². The van der Waals surface area contributed by atoms with Gasteiger partial charge in [-0.1, -0.05) is 82.4 Å². The Balaban J connectivity index is 0.000000502. The van der Waals surface area contributed by atoms with Crippen molar-refractivity contribution in [3.8, 4) is 0 Å². The second-order valence-corrected chi connectivity index (χ2v) is 8.63. The summed E-state index contributed by atoms with van der Waals surface area (Å²) in [7, 11) is 0.0513. The van der Waals surface area contributed by atoms with Gasteiger partial charge in [0.15, 0.2) is 0 Å². The molecule has 0 saturated carbocycles. The molecule has 26 heavy (non-hydrogen) atoms. The van der Waals surface area contributed by atoms with Crippen LogP contribution in [-0.2, 0) is 10.1 Å². The molecule has 152 valence electrons. The van der Waals surface area contributed by atoms with Gasteiger partial charge >= 0.3 is 0 Å². The molecule has 0 radical (unpaired) electrons. The number of aryl methyl sites for hydroxylation is 1. The number of rotatable bonds is 12. The smallest absolute Gasteiger partial charge is 0.124 e. The minimum Gasteiger partial charge on any atom is -0.744 e. The van der Waals surface area contributed by atoms with Gasteiger partial charge in [0.1, 0.15) is 10.1 Å². The molecular weight excluding hydrogens is 346 g/mol. The van der Waals surface area contributed by atoms with Crippen LogP contribution >= 0.6 is 0 Å². The summed E-state index contributed by atoms with van der Waals surface area (Å²) < 4.78 is 31.2. The monoisotopic (exact) mass is 384 g/mol. The summed E-state index contributed by atoms with van der Waals surface area (Å²) in [5.74, 6) is 0. The van der Waals surface area contributed by atoms with Crippen LogP contribution in [0, 0.1) is 6.92 Å². The Morgan fingerprint density at radius 1 is 0.808 bits per heavy atom. The van der Waals surface area contributed by atoms with Crippen LogP contribution in [0.1, 0.15) is 76.7 Å². The van der Waals surface area contributed by atoms with Crippen molar-refractivity contribution >= 4 is 10.1 Å². The van der Waals surface area contributed by atoms with Crippen molar-refractivity contribution in [2.24, 2.45) is 0 Å². The third-order valence-electron chi connectivity index (χ3n) is 4.27. The van der Waals surface area contributed by atoms with Crippen LogP contribution in [0.15, 0.2) is 29.2 Å². The standard InChI is InChI=1S/C14H31N.C7H8O3S/c1-4-5-6-7-8-9-10-11-12-13-14-15(2)3;1-6-2-4-7(5-3-6)11(8,9)10/h4-14H2,1-3H3;2-5H,1H3,(H,8,9,10)/p-1. The molecule has 5 heteroatoms. The fourth-order valence-electron chi connectivity index (χ4n) is 2.62. The normalized spacial score (nSPS) is 11.3. The minimum absolute atomic E-state index is 0.178. The van der Waals surface area contributed by atoms with E-state index in [1.54, 1.807) is 12.1 Å². The highest BCUT2D eigenvalue weighted by molar-refractivity contribution is 7.85. The van der Waals surface area contributed by atoms with E-state index in [-0.39, 0.29) is 4.90 Å². The molecule has 0 amide bonds. The summed E-state index contributed by atoms with van der Waals surface area (Å²) in [6.07, 6.45) is 14.4. The van der Waals surface area contributed by atoms with E-state index < -0.39 is 10.1 Å². The number of benzene rings is 1. The SMILES string of the molecule is CCCCCCCCCCCCN(C)C.Cc1ccc(S(=O)(=O)[O-])cc1. The van der Waals surface area contributed by atoms with Crippen LogP contribution in [0.25, 0.3) is 0 Å². The third kappa shape index (κ3) is 15.4. The zero-order valence-corrected chi connectivity index (χ0v) is 18.0. The van der Waals surface area contributed by atoms with Crippen molar-refractivity contribution in [2.45, 2.75) is 83.0 Å². The molecule has 1 aromatic carbocycles. The first-order chi connectivity index (χ1) is 12.3. The van der Waals surface area contributed by atoms with Crippen molar-refractivity contribution < 1.29 is 13.0 Å². The van der Waals surface area contributed by atoms with Crippen LogP contribution in [0.5, 0.6) is 0 Å². The van der Waals surface area contributed by atoms with E-state index >= 15 is 0 Å². The number of unbranched alkanes of at least 4 members (excludes halogenated alkanes) is 9. The Morgan fingerprint density at radius 3 is 1.62 bits per heavy atom. The first-order valence-electron chi connectivity index (χ1n) is 9.94. The second-order valence-electron chi connectivity index (χ2n) is 7.25. The van der Waals surface area contributed by atoms with E-state index in [1.165, 1.54) is 82.9 Å². The molecule has 0 N–H and O–H groups in total. The van der Waals surface area contributed by atoms with Crippen molar-refractivity contribution in [3.05, 3.63) is 29.8 Å². The third-order valence-corrected chi connectivity index (χ3v) is 5.12. The first kappa shape index (κ1) is 25.1. The highest BCUT2D eigenvalue weighted by Crippen LogP contribution is 2.10. The molecule has 4 nitrogen and oxygen atoms in total. The van der Waals surface area contributed by atoms with E-state index in [1.807, 2.05) is 6.92 Å². The van der Waals surface area contributed by atoms with Gasteiger partial charge in [0.05, 0.1) is 4.90 Å². The second kappa shape index (κ2) is 15.2. The molecule has 0 aliphatic heterocycles. The zero-order valence-electron chi connectivity index (χ0n) is 17.2. The summed E-state index contributed by atoms with van der Waals surface area (Å²) in [5, 5.41) is 0. The van der Waals surface area contributed by atoms with Gasteiger partial charge in [-0.2, -0.15) is 0 Å². The molecule has 1 aromatic rings. The molecule has 0 atom stereocenters. The predicted molar refractivity (Wildman–Crippen MR) is 110 cm³/mol. The number of hydrogen-bond acceptors (Lipinski definition) is 4. The largest absolute Gasteiger partial charge is 0.744 e. The van der Waals surface area contributed by atoms with Gasteiger partial charge < -0.3 is 9.45 Å². The summed E-state index contributed by atoms with van der Waals surface area (Å²) in [6.45, 7) is 5.36. The van der Waals surface area contributed by atoms with Gasteiger partial charge in [0.2, 0.25) is 0 Å². The number of hydrogen-bond donors (Lipinski definition) is 0. The summed E-state index contributed by atoms with van der Waals surface area (Å²) in [4.78, 5) is 2.10. The van der Waals surface area contributed by atoms with Crippen LogP contribution in [0.4, 0.5) is 0 Å². The Kier molecular flexibility index (Phi) is 14.6. The lowest BCUT2D eigenvalue weighted by Crippen LogP contribution is -2.12. The molecule has 0 aliphatic carbocycles. The fourth-order valence-corrected chi connectivity index (χ4v) is 3.09. The Hall–Kier alpha value is -0.910. The molecule has 0 heterocycles. The van der Waals surface area contributed by atoms with Crippen LogP contribution < -0.4 is 0 Å². The average molecular weight is 385 g/mol. The summed E-state index contributed by atoms with van der Waals surface area (Å²) in [5.41, 5.74) is 0.928. The maximum Gasteiger partial charge on any atom is 0.124 e. The minimum atomic E-state index is -4.27. The topological polar surface area (TPSA) is 60.4 Å². The van der Waals surface area contributed by atoms with Crippen molar-refractivity contribution in [3.63, 3.8) is 0 Å². The highest BCUT2D eigenvalue weighted by Gasteiger charge is 1.97. The molecule has 0 saturated heterocycles. The van der Waals surface area contributed by atoms with E-state index in [9.17, 15) is 13.0 Å². The Labute approximate surface area is 161 Å². The summed E-state index contributed by atoms with van der Waals surface area (Å²) in [6, 6.07) is 5.78. The van der Waals surface area contributed by atoms with Gasteiger partial charge in [0.25, 0.3) is 0 Å². The molecule has 0 aromatic heterocycles. The van der Waals surface area contributed by atoms with E-state index in [0.717, 1.165) is 5.56 Å². The van der Waals surface area contributed by atoms with Gasteiger partial charge in [-0.3, -0.25) is 0 Å². The summed E-state index contributed by atoms with van der Waals surface area (Å²) >= 11 is 0. The molecule has 0 aliphatic rings. The van der Waals surface area contributed by atoms with E-state index in [0.29, 0.717) is 0 Å². The van der Waals surface area contributed by atoms with Crippen molar-refractivity contribution in [1.82, 2.24) is 4.90 Å². The Morgan fingerprint density at radius 2 is 1.23 bits per heavy atom. The van der Waals surface area contributed by atoms with E-state index in [2.05, 4.69) is 25.9 Å². The Bertz CT molecular complexity index is 539. The lowest BCUT2D eigenvalue weighted by atomic mass is 10.1. The average Bonchev–Trinajstić information content (AvgIpc) is 2.56. The van der Waals surface area contributed by atoms with Gasteiger partial charge in [-0.05, 0) is 46.1 Å². The van der Waals surface area contributed by atoms with Gasteiger partial charge in [0, 0.05) is 0 Å². The van der Waals surface area contributed by atoms with Gasteiger partial charge in [-0.15, -0.1) is 0 Å². The zero-order chi connectivity index (χ0) is 19.8. The molecule has 0 fully saturated rings. The lowest BCUT2D eigenvalue weighted by molar-refractivity contribution is 0.389. The fraction of sp³-hybridized carbons (Fsp3) is 0.714. The highest BCUT2D eigenvalue weighted by atomic mass is 32.2. The molecule has 1 rings (SSSR count). The maximum atomic E-state index is 10.4. The molecular formula is C21H38NO3S-. The van der Waals surface area contributed by atoms with Crippen LogP contribution in [-0.4, -0.2) is 38.5 Å². The quantitative estimate of drug-likeness (QED) is 0.359.